The van der Waals surface area contributed by atoms with Crippen LogP contribution < -0.4 is 10.6 Å². The SMILES string of the molecule is N#Cc1ccc(NC(=O)C(=O)NCc2ccc(Cl)cc2)cc1. The molecule has 2 aromatic carbocycles. The maximum atomic E-state index is 11.7. The average molecular weight is 314 g/mol. The second-order valence-electron chi connectivity index (χ2n) is 4.45. The van der Waals surface area contributed by atoms with E-state index in [1.807, 2.05) is 6.07 Å². The van der Waals surface area contributed by atoms with Gasteiger partial charge < -0.3 is 10.6 Å². The van der Waals surface area contributed by atoms with Gasteiger partial charge in [-0.25, -0.2) is 0 Å². The minimum atomic E-state index is -0.765. The maximum Gasteiger partial charge on any atom is 0.313 e. The molecule has 0 aliphatic carbocycles. The fraction of sp³-hybridized carbons (Fsp3) is 0.0625. The molecule has 0 radical (unpaired) electrons. The molecule has 0 saturated heterocycles. The molecule has 110 valence electrons. The Morgan fingerprint density at radius 3 is 2.23 bits per heavy atom. The monoisotopic (exact) mass is 313 g/mol. The van der Waals surface area contributed by atoms with Gasteiger partial charge in [-0.2, -0.15) is 5.26 Å². The molecule has 0 fully saturated rings. The Balaban J connectivity index is 1.87. The molecule has 0 saturated carbocycles. The van der Waals surface area contributed by atoms with Crippen LogP contribution in [-0.4, -0.2) is 11.8 Å². The van der Waals surface area contributed by atoms with Crippen molar-refractivity contribution in [2.24, 2.45) is 0 Å². The van der Waals surface area contributed by atoms with Crippen molar-refractivity contribution >= 4 is 29.1 Å². The van der Waals surface area contributed by atoms with Gasteiger partial charge in [-0.1, -0.05) is 23.7 Å². The number of hydrogen-bond donors (Lipinski definition) is 2. The number of anilines is 1. The summed E-state index contributed by atoms with van der Waals surface area (Å²) in [6, 6.07) is 15.1. The molecular formula is C16H12ClN3O2. The highest BCUT2D eigenvalue weighted by Crippen LogP contribution is 2.10. The molecule has 5 nitrogen and oxygen atoms in total. The molecule has 2 rings (SSSR count). The summed E-state index contributed by atoms with van der Waals surface area (Å²) in [7, 11) is 0. The van der Waals surface area contributed by atoms with Gasteiger partial charge in [-0.15, -0.1) is 0 Å². The van der Waals surface area contributed by atoms with Gasteiger partial charge in [0.05, 0.1) is 11.6 Å². The van der Waals surface area contributed by atoms with Crippen LogP contribution in [-0.2, 0) is 16.1 Å². The van der Waals surface area contributed by atoms with E-state index in [2.05, 4.69) is 10.6 Å². The van der Waals surface area contributed by atoms with E-state index in [1.165, 1.54) is 0 Å². The van der Waals surface area contributed by atoms with Crippen LogP contribution in [0, 0.1) is 11.3 Å². The van der Waals surface area contributed by atoms with Crippen LogP contribution in [0.5, 0.6) is 0 Å². The van der Waals surface area contributed by atoms with Crippen LogP contribution in [0.1, 0.15) is 11.1 Å². The molecule has 6 heteroatoms. The molecule has 0 unspecified atom stereocenters. The molecule has 0 heterocycles. The Kier molecular flexibility index (Phi) is 5.12. The van der Waals surface area contributed by atoms with Gasteiger partial charge in [0.1, 0.15) is 0 Å². The normalized spacial score (nSPS) is 9.64. The third-order valence-electron chi connectivity index (χ3n) is 2.84. The lowest BCUT2D eigenvalue weighted by molar-refractivity contribution is -0.136. The van der Waals surface area contributed by atoms with Crippen LogP contribution in [0.4, 0.5) is 5.69 Å². The summed E-state index contributed by atoms with van der Waals surface area (Å²) in [6.45, 7) is 0.233. The van der Waals surface area contributed by atoms with E-state index < -0.39 is 11.8 Å². The number of benzene rings is 2. The van der Waals surface area contributed by atoms with Gasteiger partial charge in [0.15, 0.2) is 0 Å². The van der Waals surface area contributed by atoms with Gasteiger partial charge in [0, 0.05) is 17.3 Å². The van der Waals surface area contributed by atoms with Crippen LogP contribution in [0.2, 0.25) is 5.02 Å². The molecule has 2 N–H and O–H groups in total. The first kappa shape index (κ1) is 15.5. The van der Waals surface area contributed by atoms with Gasteiger partial charge in [0.2, 0.25) is 0 Å². The molecule has 22 heavy (non-hydrogen) atoms. The van der Waals surface area contributed by atoms with Crippen molar-refractivity contribution < 1.29 is 9.59 Å². The van der Waals surface area contributed by atoms with Gasteiger partial charge >= 0.3 is 11.8 Å². The molecule has 0 aliphatic rings. The third kappa shape index (κ3) is 4.33. The van der Waals surface area contributed by atoms with Crippen LogP contribution >= 0.6 is 11.6 Å². The van der Waals surface area contributed by atoms with Crippen molar-refractivity contribution in [2.75, 3.05) is 5.32 Å². The predicted molar refractivity (Wildman–Crippen MR) is 83.1 cm³/mol. The minimum absolute atomic E-state index is 0.233. The van der Waals surface area contributed by atoms with Crippen LogP contribution in [0.25, 0.3) is 0 Å². The molecule has 0 aliphatic heterocycles. The van der Waals surface area contributed by atoms with Gasteiger partial charge in [-0.05, 0) is 42.0 Å². The zero-order valence-corrected chi connectivity index (χ0v) is 12.2. The summed E-state index contributed by atoms with van der Waals surface area (Å²) in [5, 5.41) is 14.3. The number of nitriles is 1. The molecule has 2 amide bonds. The van der Waals surface area contributed by atoms with Crippen molar-refractivity contribution in [2.45, 2.75) is 6.54 Å². The van der Waals surface area contributed by atoms with E-state index in [0.717, 1.165) is 5.56 Å². The van der Waals surface area contributed by atoms with E-state index in [9.17, 15) is 9.59 Å². The summed E-state index contributed by atoms with van der Waals surface area (Å²) in [5.74, 6) is -1.50. The van der Waals surface area contributed by atoms with E-state index in [0.29, 0.717) is 16.3 Å². The predicted octanol–water partition coefficient (Wildman–Crippen LogP) is 2.47. The maximum absolute atomic E-state index is 11.7. The first-order valence-corrected chi connectivity index (χ1v) is 6.80. The molecular weight excluding hydrogens is 302 g/mol. The zero-order chi connectivity index (χ0) is 15.9. The van der Waals surface area contributed by atoms with Crippen LogP contribution in [0.15, 0.2) is 48.5 Å². The highest BCUT2D eigenvalue weighted by atomic mass is 35.5. The Hall–Kier alpha value is -2.84. The van der Waals surface area contributed by atoms with Crippen molar-refractivity contribution in [3.63, 3.8) is 0 Å². The lowest BCUT2D eigenvalue weighted by Crippen LogP contribution is -2.34. The second-order valence-corrected chi connectivity index (χ2v) is 4.89. The zero-order valence-electron chi connectivity index (χ0n) is 11.5. The minimum Gasteiger partial charge on any atom is -0.344 e. The third-order valence-corrected chi connectivity index (χ3v) is 3.10. The molecule has 0 atom stereocenters. The largest absolute Gasteiger partial charge is 0.344 e. The Morgan fingerprint density at radius 1 is 1.00 bits per heavy atom. The summed E-state index contributed by atoms with van der Waals surface area (Å²) in [4.78, 5) is 23.4. The van der Waals surface area contributed by atoms with E-state index in [4.69, 9.17) is 16.9 Å². The first-order chi connectivity index (χ1) is 10.6. The summed E-state index contributed by atoms with van der Waals surface area (Å²) >= 11 is 5.77. The number of hydrogen-bond acceptors (Lipinski definition) is 3. The molecule has 0 spiro atoms. The Bertz CT molecular complexity index is 719. The Morgan fingerprint density at radius 2 is 1.64 bits per heavy atom. The van der Waals surface area contributed by atoms with E-state index in [1.54, 1.807) is 48.5 Å². The van der Waals surface area contributed by atoms with Crippen molar-refractivity contribution in [1.29, 1.82) is 5.26 Å². The number of carbonyl (C=O) groups is 2. The van der Waals surface area contributed by atoms with Crippen molar-refractivity contribution in [3.8, 4) is 6.07 Å². The molecule has 0 aromatic heterocycles. The summed E-state index contributed by atoms with van der Waals surface area (Å²) in [5.41, 5.74) is 1.76. The summed E-state index contributed by atoms with van der Waals surface area (Å²) in [6.07, 6.45) is 0. The van der Waals surface area contributed by atoms with Crippen molar-refractivity contribution in [1.82, 2.24) is 5.32 Å². The number of carbonyl (C=O) groups excluding carboxylic acids is 2. The van der Waals surface area contributed by atoms with Gasteiger partial charge in [-0.3, -0.25) is 9.59 Å². The fourth-order valence-electron chi connectivity index (χ4n) is 1.68. The number of nitrogens with zero attached hydrogens (tertiary/aromatic N) is 1. The number of nitrogens with one attached hydrogen (secondary N) is 2. The van der Waals surface area contributed by atoms with Crippen LogP contribution in [0.3, 0.4) is 0 Å². The second kappa shape index (κ2) is 7.25. The van der Waals surface area contributed by atoms with Gasteiger partial charge in [0.25, 0.3) is 0 Å². The fourth-order valence-corrected chi connectivity index (χ4v) is 1.81. The standard InChI is InChI=1S/C16H12ClN3O2/c17-13-5-1-12(2-6-13)10-19-15(21)16(22)20-14-7-3-11(9-18)4-8-14/h1-8H,10H2,(H,19,21)(H,20,22). The Labute approximate surface area is 132 Å². The number of halogens is 1. The lowest BCUT2D eigenvalue weighted by atomic mass is 10.2. The molecule has 2 aromatic rings. The first-order valence-electron chi connectivity index (χ1n) is 6.42. The topological polar surface area (TPSA) is 82.0 Å². The average Bonchev–Trinajstić information content (AvgIpc) is 2.54. The summed E-state index contributed by atoms with van der Waals surface area (Å²) < 4.78 is 0. The quantitative estimate of drug-likeness (QED) is 0.854. The van der Waals surface area contributed by atoms with E-state index >= 15 is 0 Å². The number of amides is 2. The molecule has 0 bridgehead atoms. The smallest absolute Gasteiger partial charge is 0.313 e. The van der Waals surface area contributed by atoms with Crippen molar-refractivity contribution in [3.05, 3.63) is 64.7 Å². The number of rotatable bonds is 3. The highest BCUT2D eigenvalue weighted by Gasteiger charge is 2.13. The lowest BCUT2D eigenvalue weighted by Gasteiger charge is -2.07. The van der Waals surface area contributed by atoms with E-state index in [-0.39, 0.29) is 6.54 Å². The highest BCUT2D eigenvalue weighted by molar-refractivity contribution is 6.39.